The monoisotopic (exact) mass is 253 g/mol. The van der Waals surface area contributed by atoms with Gasteiger partial charge in [0.25, 0.3) is 0 Å². The summed E-state index contributed by atoms with van der Waals surface area (Å²) < 4.78 is 0. The van der Waals surface area contributed by atoms with Crippen LogP contribution in [0.25, 0.3) is 0 Å². The Balaban J connectivity index is 3.93. The average Bonchev–Trinajstić information content (AvgIpc) is 2.36. The number of rotatable bonds is 8. The zero-order valence-electron chi connectivity index (χ0n) is 12.2. The average molecular weight is 253 g/mol. The van der Waals surface area contributed by atoms with Crippen LogP contribution in [-0.4, -0.2) is 56.0 Å². The lowest BCUT2D eigenvalue weighted by Crippen LogP contribution is -2.33. The zero-order chi connectivity index (χ0) is 13.8. The number of nitriles is 1. The van der Waals surface area contributed by atoms with Gasteiger partial charge in [0.15, 0.2) is 6.19 Å². The highest BCUT2D eigenvalue weighted by Crippen LogP contribution is 1.97. The predicted octanol–water partition coefficient (Wildman–Crippen LogP) is 1.49. The van der Waals surface area contributed by atoms with E-state index >= 15 is 0 Å². The minimum Gasteiger partial charge on any atom is -0.348 e. The summed E-state index contributed by atoms with van der Waals surface area (Å²) in [4.78, 5) is 8.65. The summed E-state index contributed by atoms with van der Waals surface area (Å²) in [6.45, 7) is 8.52. The van der Waals surface area contributed by atoms with Crippen LogP contribution in [-0.2, 0) is 0 Å². The molecule has 0 spiro atoms. The number of unbranched alkanes of at least 4 members (excludes halogenated alkanes) is 1. The largest absolute Gasteiger partial charge is 0.348 e. The van der Waals surface area contributed by atoms with Gasteiger partial charge in [-0.05, 0) is 32.5 Å². The van der Waals surface area contributed by atoms with Crippen molar-refractivity contribution in [3.8, 4) is 6.19 Å². The maximum absolute atomic E-state index is 8.59. The number of hydrogen-bond donors (Lipinski definition) is 1. The van der Waals surface area contributed by atoms with Crippen molar-refractivity contribution in [2.24, 2.45) is 4.99 Å². The number of guanidine groups is 1. The molecule has 0 unspecified atom stereocenters. The van der Waals surface area contributed by atoms with E-state index in [0.717, 1.165) is 26.1 Å². The van der Waals surface area contributed by atoms with Crippen molar-refractivity contribution in [1.29, 1.82) is 5.26 Å². The van der Waals surface area contributed by atoms with Crippen molar-refractivity contribution in [3.63, 3.8) is 0 Å². The first-order valence-electron chi connectivity index (χ1n) is 6.74. The molecular formula is C13H27N5. The molecule has 0 aliphatic heterocycles. The Kier molecular flexibility index (Phi) is 10.1. The fourth-order valence-electron chi connectivity index (χ4n) is 1.63. The van der Waals surface area contributed by atoms with E-state index in [1.165, 1.54) is 19.4 Å². The minimum atomic E-state index is 0.633. The second-order valence-electron chi connectivity index (χ2n) is 4.48. The van der Waals surface area contributed by atoms with Crippen LogP contribution in [0.3, 0.4) is 0 Å². The zero-order valence-corrected chi connectivity index (χ0v) is 12.2. The lowest BCUT2D eigenvalue weighted by molar-refractivity contribution is 0.281. The molecule has 0 aromatic carbocycles. The molecule has 0 bridgehead atoms. The van der Waals surface area contributed by atoms with Gasteiger partial charge in [-0.1, -0.05) is 20.3 Å². The van der Waals surface area contributed by atoms with Crippen LogP contribution in [0.15, 0.2) is 4.99 Å². The molecule has 0 aliphatic rings. The quantitative estimate of drug-likeness (QED) is 0.234. The Morgan fingerprint density at radius 2 is 1.89 bits per heavy atom. The molecule has 104 valence electrons. The third-order valence-electron chi connectivity index (χ3n) is 2.76. The summed E-state index contributed by atoms with van der Waals surface area (Å²) >= 11 is 0. The van der Waals surface area contributed by atoms with E-state index in [4.69, 9.17) is 5.26 Å². The minimum absolute atomic E-state index is 0.633. The number of hydrogen-bond acceptors (Lipinski definition) is 3. The van der Waals surface area contributed by atoms with Crippen molar-refractivity contribution in [2.75, 3.05) is 40.3 Å². The van der Waals surface area contributed by atoms with Crippen LogP contribution in [0.2, 0.25) is 0 Å². The molecule has 0 saturated carbocycles. The van der Waals surface area contributed by atoms with Crippen molar-refractivity contribution < 1.29 is 0 Å². The molecule has 0 rings (SSSR count). The first-order chi connectivity index (χ1) is 8.65. The molecular weight excluding hydrogens is 226 g/mol. The molecule has 0 aliphatic carbocycles. The molecule has 0 atom stereocenters. The third kappa shape index (κ3) is 7.91. The summed E-state index contributed by atoms with van der Waals surface area (Å²) in [5.74, 6) is 0.633. The van der Waals surface area contributed by atoms with Crippen LogP contribution in [0.5, 0.6) is 0 Å². The van der Waals surface area contributed by atoms with E-state index in [1.54, 1.807) is 0 Å². The maximum atomic E-state index is 8.59. The highest BCUT2D eigenvalue weighted by Gasteiger charge is 2.02. The molecule has 0 heterocycles. The maximum Gasteiger partial charge on any atom is 0.206 e. The Bertz CT molecular complexity index is 267. The molecule has 0 radical (unpaired) electrons. The van der Waals surface area contributed by atoms with Gasteiger partial charge in [0.2, 0.25) is 5.96 Å². The van der Waals surface area contributed by atoms with Gasteiger partial charge in [-0.2, -0.15) is 5.26 Å². The van der Waals surface area contributed by atoms with Gasteiger partial charge in [-0.25, -0.2) is 0 Å². The first kappa shape index (κ1) is 16.7. The van der Waals surface area contributed by atoms with E-state index in [0.29, 0.717) is 5.96 Å². The van der Waals surface area contributed by atoms with Crippen molar-refractivity contribution in [2.45, 2.75) is 33.1 Å². The van der Waals surface area contributed by atoms with E-state index in [-0.39, 0.29) is 0 Å². The van der Waals surface area contributed by atoms with Gasteiger partial charge in [-0.15, -0.1) is 0 Å². The number of nitrogens with one attached hydrogen (secondary N) is 1. The van der Waals surface area contributed by atoms with Crippen molar-refractivity contribution >= 4 is 5.96 Å². The molecule has 0 saturated heterocycles. The van der Waals surface area contributed by atoms with E-state index in [9.17, 15) is 0 Å². The van der Waals surface area contributed by atoms with Crippen LogP contribution < -0.4 is 5.32 Å². The predicted molar refractivity (Wildman–Crippen MR) is 76.4 cm³/mol. The molecule has 18 heavy (non-hydrogen) atoms. The van der Waals surface area contributed by atoms with Gasteiger partial charge in [-0.3, -0.25) is 10.3 Å². The van der Waals surface area contributed by atoms with Gasteiger partial charge in [0.1, 0.15) is 0 Å². The van der Waals surface area contributed by atoms with E-state index in [1.807, 2.05) is 25.2 Å². The Morgan fingerprint density at radius 1 is 1.22 bits per heavy atom. The van der Waals surface area contributed by atoms with Crippen LogP contribution in [0, 0.1) is 11.5 Å². The van der Waals surface area contributed by atoms with Crippen LogP contribution in [0.4, 0.5) is 0 Å². The third-order valence-corrected chi connectivity index (χ3v) is 2.76. The van der Waals surface area contributed by atoms with Crippen molar-refractivity contribution in [1.82, 2.24) is 15.1 Å². The molecule has 1 N–H and O–H groups in total. The van der Waals surface area contributed by atoms with Gasteiger partial charge in [0, 0.05) is 20.6 Å². The lowest BCUT2D eigenvalue weighted by atomic mass is 10.3. The number of aliphatic imine (C=N–C) groups is 1. The standard InChI is InChI=1S/C13H27N5/c1-5-7-10-18(6-2)11-8-9-15-13(16-12-14)17(3)4/h5-11H2,1-4H3,(H,15,16). The summed E-state index contributed by atoms with van der Waals surface area (Å²) in [5, 5.41) is 11.2. The lowest BCUT2D eigenvalue weighted by Gasteiger charge is -2.19. The Morgan fingerprint density at radius 3 is 2.39 bits per heavy atom. The van der Waals surface area contributed by atoms with Gasteiger partial charge >= 0.3 is 0 Å². The molecule has 0 amide bonds. The molecule has 5 nitrogen and oxygen atoms in total. The highest BCUT2D eigenvalue weighted by molar-refractivity contribution is 5.80. The second kappa shape index (κ2) is 10.8. The van der Waals surface area contributed by atoms with Gasteiger partial charge < -0.3 is 9.80 Å². The van der Waals surface area contributed by atoms with Gasteiger partial charge in [0.05, 0.1) is 0 Å². The van der Waals surface area contributed by atoms with Crippen molar-refractivity contribution in [3.05, 3.63) is 0 Å². The van der Waals surface area contributed by atoms with Crippen LogP contribution >= 0.6 is 0 Å². The summed E-state index contributed by atoms with van der Waals surface area (Å²) in [6.07, 6.45) is 5.44. The fourth-order valence-corrected chi connectivity index (χ4v) is 1.63. The molecule has 0 aromatic rings. The molecule has 0 fully saturated rings. The Labute approximate surface area is 111 Å². The molecule has 5 heteroatoms. The Hall–Kier alpha value is -1.28. The fraction of sp³-hybridized carbons (Fsp3) is 0.846. The summed E-state index contributed by atoms with van der Waals surface area (Å²) in [7, 11) is 3.76. The number of nitrogens with zero attached hydrogens (tertiary/aromatic N) is 4. The topological polar surface area (TPSA) is 54.7 Å². The van der Waals surface area contributed by atoms with E-state index in [2.05, 4.69) is 29.1 Å². The normalized spacial score (nSPS) is 11.4. The van der Waals surface area contributed by atoms with E-state index < -0.39 is 0 Å². The summed E-state index contributed by atoms with van der Waals surface area (Å²) in [6, 6.07) is 0. The SMILES string of the molecule is CCCCN(CC)CCCN=C(NC#N)N(C)C. The molecule has 0 aromatic heterocycles. The smallest absolute Gasteiger partial charge is 0.206 e. The summed E-state index contributed by atoms with van der Waals surface area (Å²) in [5.41, 5.74) is 0. The highest BCUT2D eigenvalue weighted by atomic mass is 15.3. The van der Waals surface area contributed by atoms with Crippen LogP contribution in [0.1, 0.15) is 33.1 Å². The first-order valence-corrected chi connectivity index (χ1v) is 6.74. The second-order valence-corrected chi connectivity index (χ2v) is 4.48.